The predicted octanol–water partition coefficient (Wildman–Crippen LogP) is 12.3. The van der Waals surface area contributed by atoms with Crippen LogP contribution in [0, 0.1) is 0 Å². The summed E-state index contributed by atoms with van der Waals surface area (Å²) in [6, 6.07) is -1.02. The molecule has 1 aliphatic rings. The van der Waals surface area contributed by atoms with Crippen molar-refractivity contribution in [1.82, 2.24) is 5.32 Å². The second-order valence-corrected chi connectivity index (χ2v) is 19.7. The van der Waals surface area contributed by atoms with Gasteiger partial charge in [-0.3, -0.25) is 9.59 Å². The van der Waals surface area contributed by atoms with Gasteiger partial charge in [0.25, 0.3) is 0 Å². The largest absolute Gasteiger partial charge is 0.454 e. The minimum Gasteiger partial charge on any atom is -0.454 e. The van der Waals surface area contributed by atoms with E-state index in [0.717, 1.165) is 89.9 Å². The van der Waals surface area contributed by atoms with Gasteiger partial charge in [-0.05, 0) is 70.6 Å². The van der Waals surface area contributed by atoms with E-state index in [4.69, 9.17) is 14.2 Å². The lowest BCUT2D eigenvalue weighted by Gasteiger charge is -2.41. The molecule has 1 rings (SSSR count). The highest BCUT2D eigenvalue weighted by atomic mass is 16.7. The van der Waals surface area contributed by atoms with E-state index in [1.807, 2.05) is 6.08 Å². The molecule has 0 bridgehead atoms. The van der Waals surface area contributed by atoms with Crippen LogP contribution in [0.5, 0.6) is 0 Å². The molecule has 0 spiro atoms. The third-order valence-corrected chi connectivity index (χ3v) is 13.3. The number of aliphatic hydroxyl groups excluding tert-OH is 5. The van der Waals surface area contributed by atoms with Crippen LogP contribution in [-0.4, -0.2) is 99.6 Å². The van der Waals surface area contributed by atoms with Crippen molar-refractivity contribution in [2.75, 3.05) is 13.2 Å². The number of rotatable bonds is 47. The highest BCUT2D eigenvalue weighted by molar-refractivity contribution is 5.80. The number of carbonyl (C=O) groups is 2. The van der Waals surface area contributed by atoms with Gasteiger partial charge in [0.15, 0.2) is 12.4 Å². The van der Waals surface area contributed by atoms with Crippen molar-refractivity contribution in [2.45, 2.75) is 301 Å². The zero-order valence-corrected chi connectivity index (χ0v) is 43.7. The van der Waals surface area contributed by atoms with Crippen molar-refractivity contribution in [1.29, 1.82) is 0 Å². The Balaban J connectivity index is 2.74. The molecule has 8 unspecified atom stereocenters. The predicted molar refractivity (Wildman–Crippen MR) is 278 cm³/mol. The fourth-order valence-electron chi connectivity index (χ4n) is 8.68. The molecule has 0 aromatic rings. The summed E-state index contributed by atoms with van der Waals surface area (Å²) in [6.45, 7) is 5.72. The average Bonchev–Trinajstić information content (AvgIpc) is 3.33. The Labute approximate surface area is 415 Å². The maximum absolute atomic E-state index is 13.4. The SMILES string of the molecule is CCCC/C=C\CCCCCCCC(=O)OC1C(OCC(NC(=O)C(O)CCCCCCCC/C=C/CCCCCCCC)C(O)/C=C/CCCCCCCCCCCC)OC(CO)C(O)C1O. The molecule has 0 aromatic heterocycles. The Hall–Kier alpha value is -2.12. The van der Waals surface area contributed by atoms with Crippen LogP contribution in [0.4, 0.5) is 0 Å². The van der Waals surface area contributed by atoms with Crippen LogP contribution in [-0.2, 0) is 23.8 Å². The number of aliphatic hydroxyl groups is 5. The third kappa shape index (κ3) is 34.2. The molecular weight excluding hydrogens is 859 g/mol. The van der Waals surface area contributed by atoms with E-state index in [0.29, 0.717) is 12.8 Å². The van der Waals surface area contributed by atoms with Gasteiger partial charge in [-0.2, -0.15) is 0 Å². The van der Waals surface area contributed by atoms with E-state index >= 15 is 0 Å². The minimum absolute atomic E-state index is 0.114. The molecule has 1 fully saturated rings. The molecule has 1 heterocycles. The van der Waals surface area contributed by atoms with Crippen LogP contribution < -0.4 is 5.32 Å². The summed E-state index contributed by atoms with van der Waals surface area (Å²) in [5.41, 5.74) is 0. The van der Waals surface area contributed by atoms with E-state index in [1.54, 1.807) is 6.08 Å². The summed E-state index contributed by atoms with van der Waals surface area (Å²) in [6.07, 6.45) is 41.9. The molecule has 0 aliphatic carbocycles. The Morgan fingerprint density at radius 3 is 1.47 bits per heavy atom. The summed E-state index contributed by atoms with van der Waals surface area (Å²) >= 11 is 0. The monoisotopic (exact) mass is 964 g/mol. The normalized spacial score (nSPS) is 20.1. The number of hydrogen-bond donors (Lipinski definition) is 6. The zero-order chi connectivity index (χ0) is 49.7. The van der Waals surface area contributed by atoms with Gasteiger partial charge in [-0.25, -0.2) is 0 Å². The first kappa shape index (κ1) is 63.9. The summed E-state index contributed by atoms with van der Waals surface area (Å²) in [7, 11) is 0. The number of esters is 1. The van der Waals surface area contributed by atoms with Gasteiger partial charge in [0.2, 0.25) is 5.91 Å². The fourth-order valence-corrected chi connectivity index (χ4v) is 8.68. The summed E-state index contributed by atoms with van der Waals surface area (Å²) < 4.78 is 17.5. The summed E-state index contributed by atoms with van der Waals surface area (Å²) in [4.78, 5) is 26.4. The van der Waals surface area contributed by atoms with E-state index in [2.05, 4.69) is 50.4 Å². The number of ether oxygens (including phenoxy) is 3. The molecule has 1 aliphatic heterocycles. The maximum atomic E-state index is 13.4. The first-order chi connectivity index (χ1) is 33.2. The van der Waals surface area contributed by atoms with Crippen LogP contribution >= 0.6 is 0 Å². The molecule has 68 heavy (non-hydrogen) atoms. The molecule has 1 saturated heterocycles. The topological polar surface area (TPSA) is 175 Å². The standard InChI is InChI=1S/C57H105NO10/c1-4-7-10-13-16-19-22-24-25-26-27-30-32-35-38-41-44-50(61)56(65)58-48(49(60)43-40-37-34-31-29-23-20-17-14-11-8-5-2)47-66-57-55(54(64)53(63)51(46-59)67-57)68-52(62)45-42-39-36-33-28-21-18-15-12-9-6-3/h15,18,24-25,40,43,48-51,53-55,57,59-61,63-64H,4-14,16-17,19-23,26-39,41-42,44-47H2,1-3H3,(H,58,65)/b18-15-,25-24+,43-40+. The van der Waals surface area contributed by atoms with Gasteiger partial charge in [0.05, 0.1) is 25.4 Å². The van der Waals surface area contributed by atoms with E-state index in [1.165, 1.54) is 116 Å². The quantitative estimate of drug-likeness (QED) is 0.0196. The zero-order valence-electron chi connectivity index (χ0n) is 43.7. The molecule has 8 atom stereocenters. The van der Waals surface area contributed by atoms with Crippen LogP contribution in [0.25, 0.3) is 0 Å². The molecule has 11 nitrogen and oxygen atoms in total. The number of amides is 1. The van der Waals surface area contributed by atoms with Crippen molar-refractivity contribution in [2.24, 2.45) is 0 Å². The highest BCUT2D eigenvalue weighted by Gasteiger charge is 2.47. The molecule has 11 heteroatoms. The van der Waals surface area contributed by atoms with Gasteiger partial charge in [0, 0.05) is 6.42 Å². The van der Waals surface area contributed by atoms with Crippen molar-refractivity contribution in [3.05, 3.63) is 36.5 Å². The Morgan fingerprint density at radius 1 is 0.559 bits per heavy atom. The molecule has 1 amide bonds. The van der Waals surface area contributed by atoms with Gasteiger partial charge in [0.1, 0.15) is 24.4 Å². The third-order valence-electron chi connectivity index (χ3n) is 13.3. The summed E-state index contributed by atoms with van der Waals surface area (Å²) in [5, 5.41) is 56.7. The van der Waals surface area contributed by atoms with Gasteiger partial charge >= 0.3 is 5.97 Å². The Bertz CT molecular complexity index is 1240. The number of unbranched alkanes of at least 4 members (excludes halogenated alkanes) is 29. The lowest BCUT2D eigenvalue weighted by atomic mass is 9.99. The number of carbonyl (C=O) groups excluding carboxylic acids is 2. The smallest absolute Gasteiger partial charge is 0.306 e. The molecule has 6 N–H and O–H groups in total. The lowest BCUT2D eigenvalue weighted by molar-refractivity contribution is -0.305. The second kappa shape index (κ2) is 46.0. The molecule has 0 radical (unpaired) electrons. The molecular formula is C57H105NO10. The van der Waals surface area contributed by atoms with Crippen molar-refractivity contribution in [3.63, 3.8) is 0 Å². The van der Waals surface area contributed by atoms with Crippen LogP contribution in [0.1, 0.15) is 252 Å². The molecule has 0 saturated carbocycles. The van der Waals surface area contributed by atoms with Crippen molar-refractivity contribution in [3.8, 4) is 0 Å². The first-order valence-corrected chi connectivity index (χ1v) is 28.3. The lowest BCUT2D eigenvalue weighted by Crippen LogP contribution is -2.61. The van der Waals surface area contributed by atoms with Gasteiger partial charge in [-0.15, -0.1) is 0 Å². The Morgan fingerprint density at radius 2 is 0.985 bits per heavy atom. The molecule has 398 valence electrons. The average molecular weight is 964 g/mol. The first-order valence-electron chi connectivity index (χ1n) is 28.3. The number of hydrogen-bond acceptors (Lipinski definition) is 10. The van der Waals surface area contributed by atoms with Crippen LogP contribution in [0.15, 0.2) is 36.5 Å². The van der Waals surface area contributed by atoms with Gasteiger partial charge < -0.3 is 45.1 Å². The maximum Gasteiger partial charge on any atom is 0.306 e. The number of allylic oxidation sites excluding steroid dienone is 5. The number of nitrogens with one attached hydrogen (secondary N) is 1. The van der Waals surface area contributed by atoms with Crippen molar-refractivity contribution < 1.29 is 49.3 Å². The van der Waals surface area contributed by atoms with Crippen LogP contribution in [0.2, 0.25) is 0 Å². The van der Waals surface area contributed by atoms with Gasteiger partial charge in [-0.1, -0.05) is 211 Å². The second-order valence-electron chi connectivity index (χ2n) is 19.7. The summed E-state index contributed by atoms with van der Waals surface area (Å²) in [5.74, 6) is -1.21. The van der Waals surface area contributed by atoms with E-state index in [9.17, 15) is 35.1 Å². The molecule has 0 aromatic carbocycles. The Kier molecular flexibility index (Phi) is 43.2. The minimum atomic E-state index is -1.61. The fraction of sp³-hybridized carbons (Fsp3) is 0.860. The van der Waals surface area contributed by atoms with E-state index in [-0.39, 0.29) is 19.4 Å². The van der Waals surface area contributed by atoms with Crippen molar-refractivity contribution >= 4 is 11.9 Å². The highest BCUT2D eigenvalue weighted by Crippen LogP contribution is 2.26. The van der Waals surface area contributed by atoms with E-state index < -0.39 is 67.4 Å². The van der Waals surface area contributed by atoms with Crippen LogP contribution in [0.3, 0.4) is 0 Å².